The van der Waals surface area contributed by atoms with Crippen LogP contribution in [-0.4, -0.2) is 31.6 Å². The number of H-pyrrole nitrogens is 1. The molecule has 0 unspecified atom stereocenters. The Kier molecular flexibility index (Phi) is 3.86. The first kappa shape index (κ1) is 15.0. The molecule has 1 aromatic carbocycles. The molecule has 24 heavy (non-hydrogen) atoms. The second kappa shape index (κ2) is 6.16. The lowest BCUT2D eigenvalue weighted by molar-refractivity contribution is 0.228. The van der Waals surface area contributed by atoms with E-state index in [4.69, 9.17) is 4.52 Å². The van der Waals surface area contributed by atoms with Gasteiger partial charge in [-0.3, -0.25) is 9.69 Å². The van der Waals surface area contributed by atoms with Gasteiger partial charge < -0.3 is 9.51 Å². The molecule has 0 aliphatic carbocycles. The Morgan fingerprint density at radius 1 is 1.33 bits per heavy atom. The standard InChI is InChI=1S/C17H19N5O2/c1-2-15-20-16(21-24-15)13-8-5-9-22(13)10-14-18-12-7-4-3-6-11(12)17(23)19-14/h3-4,6-7,13H,2,5,8-10H2,1H3,(H,18,19,23)/t13-/m1/s1. The van der Waals surface area contributed by atoms with E-state index in [2.05, 4.69) is 25.0 Å². The first-order chi connectivity index (χ1) is 11.7. The molecule has 1 fully saturated rings. The smallest absolute Gasteiger partial charge is 0.258 e. The molecule has 124 valence electrons. The molecule has 0 radical (unpaired) electrons. The average Bonchev–Trinajstić information content (AvgIpc) is 3.23. The van der Waals surface area contributed by atoms with Crippen molar-refractivity contribution in [1.29, 1.82) is 0 Å². The molecular formula is C17H19N5O2. The quantitative estimate of drug-likeness (QED) is 0.791. The normalized spacial score (nSPS) is 18.5. The van der Waals surface area contributed by atoms with Crippen LogP contribution in [0, 0.1) is 0 Å². The van der Waals surface area contributed by atoms with Crippen LogP contribution >= 0.6 is 0 Å². The second-order valence-corrected chi connectivity index (χ2v) is 6.06. The minimum Gasteiger partial charge on any atom is -0.339 e. The van der Waals surface area contributed by atoms with Gasteiger partial charge in [-0.1, -0.05) is 24.2 Å². The van der Waals surface area contributed by atoms with Crippen molar-refractivity contribution < 1.29 is 4.52 Å². The van der Waals surface area contributed by atoms with Crippen molar-refractivity contribution in [2.45, 2.75) is 38.8 Å². The van der Waals surface area contributed by atoms with Gasteiger partial charge in [0.1, 0.15) is 5.82 Å². The van der Waals surface area contributed by atoms with E-state index in [1.807, 2.05) is 25.1 Å². The molecule has 0 amide bonds. The highest BCUT2D eigenvalue weighted by atomic mass is 16.5. The number of hydrogen-bond acceptors (Lipinski definition) is 6. The second-order valence-electron chi connectivity index (χ2n) is 6.06. The predicted octanol–water partition coefficient (Wildman–Crippen LogP) is 2.21. The van der Waals surface area contributed by atoms with Crippen LogP contribution in [0.5, 0.6) is 0 Å². The van der Waals surface area contributed by atoms with Crippen molar-refractivity contribution in [1.82, 2.24) is 25.0 Å². The molecule has 1 atom stereocenters. The monoisotopic (exact) mass is 325 g/mol. The summed E-state index contributed by atoms with van der Waals surface area (Å²) in [4.78, 5) is 26.4. The fraction of sp³-hybridized carbons (Fsp3) is 0.412. The number of hydrogen-bond donors (Lipinski definition) is 1. The highest BCUT2D eigenvalue weighted by Gasteiger charge is 2.30. The van der Waals surface area contributed by atoms with Crippen molar-refractivity contribution in [3.8, 4) is 0 Å². The number of aryl methyl sites for hydroxylation is 1. The summed E-state index contributed by atoms with van der Waals surface area (Å²) >= 11 is 0. The van der Waals surface area contributed by atoms with Crippen LogP contribution in [0.4, 0.5) is 0 Å². The van der Waals surface area contributed by atoms with Crippen molar-refractivity contribution in [2.75, 3.05) is 6.54 Å². The Morgan fingerprint density at radius 3 is 3.04 bits per heavy atom. The third-order valence-corrected chi connectivity index (χ3v) is 4.46. The highest BCUT2D eigenvalue weighted by Crippen LogP contribution is 2.31. The molecule has 3 heterocycles. The molecule has 2 aromatic heterocycles. The van der Waals surface area contributed by atoms with Crippen LogP contribution in [0.15, 0.2) is 33.6 Å². The topological polar surface area (TPSA) is 87.9 Å². The number of likely N-dealkylation sites (tertiary alicyclic amines) is 1. The zero-order chi connectivity index (χ0) is 16.5. The van der Waals surface area contributed by atoms with E-state index < -0.39 is 0 Å². The van der Waals surface area contributed by atoms with Crippen molar-refractivity contribution in [3.63, 3.8) is 0 Å². The molecule has 4 rings (SSSR count). The Bertz CT molecular complexity index is 916. The molecule has 1 aliphatic heterocycles. The first-order valence-corrected chi connectivity index (χ1v) is 8.29. The number of nitrogens with zero attached hydrogens (tertiary/aromatic N) is 4. The van der Waals surface area contributed by atoms with Crippen LogP contribution in [0.1, 0.15) is 43.3 Å². The lowest BCUT2D eigenvalue weighted by atomic mass is 10.2. The maximum Gasteiger partial charge on any atom is 0.258 e. The van der Waals surface area contributed by atoms with Gasteiger partial charge in [0.25, 0.3) is 5.56 Å². The summed E-state index contributed by atoms with van der Waals surface area (Å²) in [6.45, 7) is 3.49. The van der Waals surface area contributed by atoms with Gasteiger partial charge in [-0.15, -0.1) is 0 Å². The third-order valence-electron chi connectivity index (χ3n) is 4.46. The predicted molar refractivity (Wildman–Crippen MR) is 88.4 cm³/mol. The van der Waals surface area contributed by atoms with Gasteiger partial charge in [-0.25, -0.2) is 4.98 Å². The summed E-state index contributed by atoms with van der Waals surface area (Å²) in [6.07, 6.45) is 2.79. The summed E-state index contributed by atoms with van der Waals surface area (Å²) in [5.41, 5.74) is 0.624. The highest BCUT2D eigenvalue weighted by molar-refractivity contribution is 5.77. The zero-order valence-electron chi connectivity index (χ0n) is 13.5. The number of aromatic nitrogens is 4. The van der Waals surface area contributed by atoms with Gasteiger partial charge in [-0.2, -0.15) is 4.98 Å². The lowest BCUT2D eigenvalue weighted by Gasteiger charge is -2.21. The van der Waals surface area contributed by atoms with Gasteiger partial charge in [0.15, 0.2) is 5.82 Å². The van der Waals surface area contributed by atoms with Crippen LogP contribution in [0.25, 0.3) is 10.9 Å². The maximum atomic E-state index is 12.2. The number of nitrogens with one attached hydrogen (secondary N) is 1. The van der Waals surface area contributed by atoms with Crippen molar-refractivity contribution in [3.05, 3.63) is 52.2 Å². The lowest BCUT2D eigenvalue weighted by Crippen LogP contribution is -2.26. The Hall–Kier alpha value is -2.54. The Labute approximate surface area is 138 Å². The first-order valence-electron chi connectivity index (χ1n) is 8.29. The average molecular weight is 325 g/mol. The van der Waals surface area contributed by atoms with Crippen LogP contribution in [0.2, 0.25) is 0 Å². The molecule has 1 saturated heterocycles. The van der Waals surface area contributed by atoms with Gasteiger partial charge in [0.2, 0.25) is 5.89 Å². The summed E-state index contributed by atoms with van der Waals surface area (Å²) in [5.74, 6) is 2.06. The number of rotatable bonds is 4. The van der Waals surface area contributed by atoms with Crippen LogP contribution in [-0.2, 0) is 13.0 Å². The minimum atomic E-state index is -0.0980. The fourth-order valence-corrected chi connectivity index (χ4v) is 3.26. The molecule has 0 saturated carbocycles. The van der Waals surface area contributed by atoms with Gasteiger partial charge in [-0.05, 0) is 31.5 Å². The molecule has 3 aromatic rings. The maximum absolute atomic E-state index is 12.2. The molecule has 0 bridgehead atoms. The Morgan fingerprint density at radius 2 is 2.21 bits per heavy atom. The number of benzene rings is 1. The van der Waals surface area contributed by atoms with E-state index >= 15 is 0 Å². The van der Waals surface area contributed by atoms with Gasteiger partial charge >= 0.3 is 0 Å². The molecular weight excluding hydrogens is 306 g/mol. The number of para-hydroxylation sites is 1. The third kappa shape index (κ3) is 2.71. The number of fused-ring (bicyclic) bond motifs is 1. The Balaban J connectivity index is 1.61. The minimum absolute atomic E-state index is 0.0980. The SMILES string of the molecule is CCc1nc([C@H]2CCCN2Cc2nc3ccccc3c(=O)[nH]2)no1. The molecule has 7 heteroatoms. The van der Waals surface area contributed by atoms with E-state index in [1.54, 1.807) is 6.07 Å². The van der Waals surface area contributed by atoms with E-state index in [0.29, 0.717) is 23.6 Å². The fourth-order valence-electron chi connectivity index (χ4n) is 3.26. The largest absolute Gasteiger partial charge is 0.339 e. The van der Waals surface area contributed by atoms with E-state index in [-0.39, 0.29) is 11.6 Å². The number of aromatic amines is 1. The summed E-state index contributed by atoms with van der Waals surface area (Å²) in [5, 5.41) is 4.72. The van der Waals surface area contributed by atoms with Crippen molar-refractivity contribution >= 4 is 10.9 Å². The molecule has 1 aliphatic rings. The zero-order valence-corrected chi connectivity index (χ0v) is 13.5. The van der Waals surface area contributed by atoms with Crippen LogP contribution < -0.4 is 5.56 Å². The molecule has 0 spiro atoms. The van der Waals surface area contributed by atoms with Crippen molar-refractivity contribution in [2.24, 2.45) is 0 Å². The van der Waals surface area contributed by atoms with E-state index in [9.17, 15) is 4.79 Å². The van der Waals surface area contributed by atoms with E-state index in [1.165, 1.54) is 0 Å². The summed E-state index contributed by atoms with van der Waals surface area (Å²) in [6, 6.07) is 7.50. The summed E-state index contributed by atoms with van der Waals surface area (Å²) < 4.78 is 5.24. The summed E-state index contributed by atoms with van der Waals surface area (Å²) in [7, 11) is 0. The van der Waals surface area contributed by atoms with Crippen LogP contribution in [0.3, 0.4) is 0 Å². The van der Waals surface area contributed by atoms with E-state index in [0.717, 1.165) is 37.1 Å². The molecule has 1 N–H and O–H groups in total. The molecule has 7 nitrogen and oxygen atoms in total. The van der Waals surface area contributed by atoms with Gasteiger partial charge in [0.05, 0.1) is 23.5 Å². The van der Waals surface area contributed by atoms with Gasteiger partial charge in [0, 0.05) is 6.42 Å².